The molecule has 0 heterocycles. The molecule has 0 saturated heterocycles. The summed E-state index contributed by atoms with van der Waals surface area (Å²) in [6.45, 7) is 6.35. The average Bonchev–Trinajstić information content (AvgIpc) is 2.03. The zero-order chi connectivity index (χ0) is 10.1. The Morgan fingerprint density at radius 3 is 1.92 bits per heavy atom. The fraction of sp³-hybridized carbons (Fsp3) is 0.400. The van der Waals surface area contributed by atoms with Crippen LogP contribution in [0.3, 0.4) is 0 Å². The molecule has 0 fully saturated rings. The van der Waals surface area contributed by atoms with Gasteiger partial charge in [0.1, 0.15) is 0 Å². The van der Waals surface area contributed by atoms with Gasteiger partial charge < -0.3 is 4.89 Å². The van der Waals surface area contributed by atoms with E-state index in [0.29, 0.717) is 5.30 Å². The first-order valence-corrected chi connectivity index (χ1v) is 5.60. The van der Waals surface area contributed by atoms with Gasteiger partial charge in [0.2, 0.25) is 8.03 Å². The Balaban J connectivity index is 3.01. The molecule has 2 nitrogen and oxygen atoms in total. The monoisotopic (exact) mass is 198 g/mol. The van der Waals surface area contributed by atoms with E-state index in [1.165, 1.54) is 5.56 Å². The second-order valence-electron chi connectivity index (χ2n) is 4.13. The van der Waals surface area contributed by atoms with Crippen molar-refractivity contribution in [3.05, 3.63) is 29.8 Å². The molecule has 0 bridgehead atoms. The maximum Gasteiger partial charge on any atom is 0.218 e. The molecule has 72 valence electrons. The van der Waals surface area contributed by atoms with Crippen LogP contribution in [0.15, 0.2) is 24.3 Å². The van der Waals surface area contributed by atoms with Crippen molar-refractivity contribution in [2.75, 3.05) is 0 Å². The third-order valence-electron chi connectivity index (χ3n) is 2.00. The van der Waals surface area contributed by atoms with Crippen LogP contribution in [-0.2, 0) is 9.98 Å². The summed E-state index contributed by atoms with van der Waals surface area (Å²) >= 11 is 0. The molecule has 0 saturated carbocycles. The van der Waals surface area contributed by atoms with Crippen molar-refractivity contribution in [3.8, 4) is 0 Å². The Labute approximate surface area is 79.5 Å². The summed E-state index contributed by atoms with van der Waals surface area (Å²) in [6, 6.07) is 7.27. The highest BCUT2D eigenvalue weighted by Crippen LogP contribution is 2.22. The van der Waals surface area contributed by atoms with Crippen LogP contribution in [0.1, 0.15) is 26.3 Å². The Morgan fingerprint density at radius 2 is 1.62 bits per heavy atom. The van der Waals surface area contributed by atoms with E-state index >= 15 is 0 Å². The Morgan fingerprint density at radius 1 is 1.15 bits per heavy atom. The van der Waals surface area contributed by atoms with Crippen LogP contribution in [-0.4, -0.2) is 4.89 Å². The summed E-state index contributed by atoms with van der Waals surface area (Å²) in [6.07, 6.45) is 0. The number of benzene rings is 1. The van der Waals surface area contributed by atoms with Crippen LogP contribution < -0.4 is 5.30 Å². The third kappa shape index (κ3) is 2.68. The van der Waals surface area contributed by atoms with Gasteiger partial charge in [-0.2, -0.15) is 0 Å². The lowest BCUT2D eigenvalue weighted by atomic mass is 9.87. The summed E-state index contributed by atoms with van der Waals surface area (Å²) in [4.78, 5) is 8.86. The lowest BCUT2D eigenvalue weighted by molar-refractivity contribution is 0.513. The largest absolute Gasteiger partial charge is 0.343 e. The van der Waals surface area contributed by atoms with Gasteiger partial charge in [0.05, 0.1) is 0 Å². The summed E-state index contributed by atoms with van der Waals surface area (Å²) < 4.78 is 10.7. The Hall–Kier alpha value is -0.590. The highest BCUT2D eigenvalue weighted by molar-refractivity contribution is 7.47. The van der Waals surface area contributed by atoms with E-state index in [4.69, 9.17) is 4.89 Å². The van der Waals surface area contributed by atoms with E-state index in [2.05, 4.69) is 20.8 Å². The smallest absolute Gasteiger partial charge is 0.218 e. The molecule has 0 spiro atoms. The summed E-state index contributed by atoms with van der Waals surface area (Å²) in [5.74, 6) is 0. The fourth-order valence-electron chi connectivity index (χ4n) is 1.11. The Kier molecular flexibility index (Phi) is 2.94. The molecule has 1 atom stereocenters. The van der Waals surface area contributed by atoms with Crippen LogP contribution in [0.5, 0.6) is 0 Å². The maximum atomic E-state index is 10.7. The molecule has 0 aliphatic rings. The van der Waals surface area contributed by atoms with Gasteiger partial charge in [0.15, 0.2) is 0 Å². The molecule has 0 aliphatic carbocycles. The van der Waals surface area contributed by atoms with E-state index in [-0.39, 0.29) is 5.41 Å². The molecule has 0 aromatic heterocycles. The van der Waals surface area contributed by atoms with Crippen molar-refractivity contribution < 1.29 is 9.46 Å². The molecule has 3 heteroatoms. The van der Waals surface area contributed by atoms with E-state index in [9.17, 15) is 4.57 Å². The van der Waals surface area contributed by atoms with Gasteiger partial charge in [-0.25, -0.2) is 0 Å². The number of hydrogen-bond acceptors (Lipinski definition) is 1. The second kappa shape index (κ2) is 3.65. The molecule has 13 heavy (non-hydrogen) atoms. The first-order valence-electron chi connectivity index (χ1n) is 4.25. The topological polar surface area (TPSA) is 37.3 Å². The minimum Gasteiger partial charge on any atom is -0.343 e. The normalized spacial score (nSPS) is 14.2. The van der Waals surface area contributed by atoms with Gasteiger partial charge in [-0.05, 0) is 23.1 Å². The van der Waals surface area contributed by atoms with Gasteiger partial charge in [0, 0.05) is 5.30 Å². The summed E-state index contributed by atoms with van der Waals surface area (Å²) in [7, 11) is -2.52. The van der Waals surface area contributed by atoms with E-state index in [1.807, 2.05) is 12.1 Å². The van der Waals surface area contributed by atoms with Gasteiger partial charge >= 0.3 is 0 Å². The molecule has 0 amide bonds. The molecule has 1 rings (SSSR count). The van der Waals surface area contributed by atoms with Crippen LogP contribution in [0, 0.1) is 0 Å². The van der Waals surface area contributed by atoms with E-state index in [0.717, 1.165) is 0 Å². The Bertz CT molecular complexity index is 309. The van der Waals surface area contributed by atoms with E-state index < -0.39 is 8.03 Å². The number of hydrogen-bond donors (Lipinski definition) is 1. The van der Waals surface area contributed by atoms with Crippen LogP contribution in [0.25, 0.3) is 0 Å². The SMILES string of the molecule is CC(C)(C)c1ccc([PH](=O)O)cc1. The van der Waals surface area contributed by atoms with Crippen molar-refractivity contribution in [2.24, 2.45) is 0 Å². The zero-order valence-corrected chi connectivity index (χ0v) is 9.16. The summed E-state index contributed by atoms with van der Waals surface area (Å²) in [5, 5.41) is 0.526. The maximum absolute atomic E-state index is 10.7. The average molecular weight is 198 g/mol. The van der Waals surface area contributed by atoms with Gasteiger partial charge in [-0.3, -0.25) is 4.57 Å². The lowest BCUT2D eigenvalue weighted by Gasteiger charge is -2.18. The molecule has 0 radical (unpaired) electrons. The van der Waals surface area contributed by atoms with Crippen LogP contribution >= 0.6 is 8.03 Å². The molecule has 1 aromatic carbocycles. The molecule has 1 aromatic rings. The van der Waals surface area contributed by atoms with Gasteiger partial charge in [0.25, 0.3) is 0 Å². The lowest BCUT2D eigenvalue weighted by Crippen LogP contribution is -2.11. The highest BCUT2D eigenvalue weighted by Gasteiger charge is 2.13. The van der Waals surface area contributed by atoms with Crippen molar-refractivity contribution >= 4 is 13.3 Å². The predicted molar refractivity (Wildman–Crippen MR) is 56.0 cm³/mol. The summed E-state index contributed by atoms with van der Waals surface area (Å²) in [5.41, 5.74) is 1.28. The van der Waals surface area contributed by atoms with Crippen molar-refractivity contribution in [1.29, 1.82) is 0 Å². The van der Waals surface area contributed by atoms with Crippen molar-refractivity contribution in [1.82, 2.24) is 0 Å². The first kappa shape index (κ1) is 10.5. The van der Waals surface area contributed by atoms with Gasteiger partial charge in [-0.15, -0.1) is 0 Å². The van der Waals surface area contributed by atoms with E-state index in [1.54, 1.807) is 12.1 Å². The van der Waals surface area contributed by atoms with Crippen molar-refractivity contribution in [2.45, 2.75) is 26.2 Å². The zero-order valence-electron chi connectivity index (χ0n) is 8.16. The molecular formula is C10H15O2P. The molecule has 1 unspecified atom stereocenters. The van der Waals surface area contributed by atoms with Crippen LogP contribution in [0.2, 0.25) is 0 Å². The van der Waals surface area contributed by atoms with Crippen LogP contribution in [0.4, 0.5) is 0 Å². The molecule has 1 N–H and O–H groups in total. The minimum atomic E-state index is -2.52. The van der Waals surface area contributed by atoms with Gasteiger partial charge in [-0.1, -0.05) is 32.9 Å². The number of rotatable bonds is 1. The molecule has 0 aliphatic heterocycles. The minimum absolute atomic E-state index is 0.101. The second-order valence-corrected chi connectivity index (χ2v) is 5.32. The fourth-order valence-corrected chi connectivity index (χ4v) is 1.56. The third-order valence-corrected chi connectivity index (χ3v) is 2.83. The molecular weight excluding hydrogens is 183 g/mol. The van der Waals surface area contributed by atoms with Crippen molar-refractivity contribution in [3.63, 3.8) is 0 Å². The quantitative estimate of drug-likeness (QED) is 0.701. The standard InChI is InChI=1S/C10H15O2P/c1-10(2,3)8-4-6-9(7-5-8)13(11)12/h4-7,13H,1-3H3,(H,11,12). The first-order chi connectivity index (χ1) is 5.91. The highest BCUT2D eigenvalue weighted by atomic mass is 31.1. The predicted octanol–water partition coefficient (Wildman–Crippen LogP) is 2.08.